The second-order valence-corrected chi connectivity index (χ2v) is 4.64. The van der Waals surface area contributed by atoms with Crippen molar-refractivity contribution < 1.29 is 4.92 Å². The van der Waals surface area contributed by atoms with Crippen molar-refractivity contribution in [2.45, 2.75) is 33.1 Å². The number of nitrogens with one attached hydrogen (secondary N) is 1. The van der Waals surface area contributed by atoms with Gasteiger partial charge in [0, 0.05) is 19.6 Å². The van der Waals surface area contributed by atoms with E-state index in [-0.39, 0.29) is 10.6 Å². The number of hydrogen-bond donors (Lipinski definition) is 1. The topological polar surface area (TPSA) is 84.2 Å². The van der Waals surface area contributed by atoms with Crippen LogP contribution < -0.4 is 10.2 Å². The van der Waals surface area contributed by atoms with Crippen LogP contribution in [0.1, 0.15) is 31.9 Å². The van der Waals surface area contributed by atoms with Crippen molar-refractivity contribution in [3.63, 3.8) is 0 Å². The Hall–Kier alpha value is -1.92. The molecule has 1 saturated heterocycles. The molecule has 0 atom stereocenters. The average Bonchev–Trinajstić information content (AvgIpc) is 2.39. The van der Waals surface area contributed by atoms with Crippen LogP contribution in [0.3, 0.4) is 0 Å². The molecule has 1 fully saturated rings. The molecule has 2 heterocycles. The van der Waals surface area contributed by atoms with Gasteiger partial charge in [-0.05, 0) is 33.1 Å². The van der Waals surface area contributed by atoms with Crippen molar-refractivity contribution in [2.24, 2.45) is 0 Å². The summed E-state index contributed by atoms with van der Waals surface area (Å²) < 4.78 is 0. The average molecular weight is 265 g/mol. The second kappa shape index (κ2) is 5.81. The van der Waals surface area contributed by atoms with Crippen LogP contribution in [0.5, 0.6) is 0 Å². The summed E-state index contributed by atoms with van der Waals surface area (Å²) in [6.45, 7) is 5.94. The van der Waals surface area contributed by atoms with Crippen molar-refractivity contribution >= 4 is 17.5 Å². The smallest absolute Gasteiger partial charge is 0.332 e. The number of aryl methyl sites for hydroxylation is 1. The van der Waals surface area contributed by atoms with E-state index in [1.54, 1.807) is 6.92 Å². The van der Waals surface area contributed by atoms with E-state index >= 15 is 0 Å². The Bertz CT molecular complexity index is 471. The molecule has 0 amide bonds. The van der Waals surface area contributed by atoms with Gasteiger partial charge in [-0.3, -0.25) is 10.1 Å². The van der Waals surface area contributed by atoms with Crippen LogP contribution in [-0.2, 0) is 0 Å². The van der Waals surface area contributed by atoms with Gasteiger partial charge in [-0.2, -0.15) is 4.98 Å². The molecule has 2 rings (SSSR count). The van der Waals surface area contributed by atoms with Crippen LogP contribution in [0.25, 0.3) is 0 Å². The molecule has 0 aromatic carbocycles. The Labute approximate surface area is 112 Å². The minimum atomic E-state index is -0.380. The molecule has 0 bridgehead atoms. The van der Waals surface area contributed by atoms with Crippen molar-refractivity contribution in [3.8, 4) is 0 Å². The van der Waals surface area contributed by atoms with Gasteiger partial charge in [-0.15, -0.1) is 0 Å². The fourth-order valence-corrected chi connectivity index (χ4v) is 2.33. The van der Waals surface area contributed by atoms with Crippen molar-refractivity contribution in [1.82, 2.24) is 9.97 Å². The van der Waals surface area contributed by atoms with E-state index in [1.807, 2.05) is 11.8 Å². The zero-order valence-corrected chi connectivity index (χ0v) is 11.3. The first kappa shape index (κ1) is 13.5. The summed E-state index contributed by atoms with van der Waals surface area (Å²) >= 11 is 0. The lowest BCUT2D eigenvalue weighted by Gasteiger charge is -2.27. The van der Waals surface area contributed by atoms with E-state index in [9.17, 15) is 10.1 Å². The molecule has 1 aromatic rings. The minimum Gasteiger partial charge on any atom is -0.354 e. The van der Waals surface area contributed by atoms with E-state index < -0.39 is 0 Å². The molecular formula is C12H19N5O2. The fraction of sp³-hybridized carbons (Fsp3) is 0.667. The maximum absolute atomic E-state index is 11.2. The second-order valence-electron chi connectivity index (χ2n) is 4.64. The van der Waals surface area contributed by atoms with Gasteiger partial charge in [0.15, 0.2) is 0 Å². The van der Waals surface area contributed by atoms with Crippen LogP contribution in [0.2, 0.25) is 0 Å². The fourth-order valence-electron chi connectivity index (χ4n) is 2.33. The molecule has 104 valence electrons. The first-order valence-corrected chi connectivity index (χ1v) is 6.65. The summed E-state index contributed by atoms with van der Waals surface area (Å²) in [6.07, 6.45) is 3.28. The molecule has 0 radical (unpaired) electrons. The lowest BCUT2D eigenvalue weighted by atomic mass is 10.1. The van der Waals surface area contributed by atoms with Crippen molar-refractivity contribution in [2.75, 3.05) is 29.9 Å². The van der Waals surface area contributed by atoms with Gasteiger partial charge >= 0.3 is 5.69 Å². The van der Waals surface area contributed by atoms with E-state index in [2.05, 4.69) is 15.3 Å². The summed E-state index contributed by atoms with van der Waals surface area (Å²) in [5, 5.41) is 14.3. The summed E-state index contributed by atoms with van der Waals surface area (Å²) in [4.78, 5) is 21.3. The molecule has 0 spiro atoms. The van der Waals surface area contributed by atoms with Gasteiger partial charge in [-0.25, -0.2) is 4.98 Å². The molecule has 0 unspecified atom stereocenters. The van der Waals surface area contributed by atoms with Crippen LogP contribution in [0.15, 0.2) is 0 Å². The predicted molar refractivity (Wildman–Crippen MR) is 73.7 cm³/mol. The zero-order chi connectivity index (χ0) is 13.8. The molecule has 0 aliphatic carbocycles. The Morgan fingerprint density at radius 2 is 2.00 bits per heavy atom. The van der Waals surface area contributed by atoms with Crippen LogP contribution in [0.4, 0.5) is 17.5 Å². The first-order chi connectivity index (χ1) is 9.13. The molecule has 1 aliphatic heterocycles. The predicted octanol–water partition coefficient (Wildman–Crippen LogP) is 2.12. The van der Waals surface area contributed by atoms with Gasteiger partial charge in [-0.1, -0.05) is 0 Å². The number of piperidine rings is 1. The standard InChI is InChI=1S/C12H19N5O2/c1-3-13-12-14-9(2)10(17(18)19)11(15-12)16-7-5-4-6-8-16/h3-8H2,1-2H3,(H,13,14,15). The maximum Gasteiger partial charge on any atom is 0.332 e. The molecule has 1 N–H and O–H groups in total. The third-order valence-electron chi connectivity index (χ3n) is 3.21. The van der Waals surface area contributed by atoms with E-state index in [0.717, 1.165) is 25.9 Å². The molecular weight excluding hydrogens is 246 g/mol. The summed E-state index contributed by atoms with van der Waals surface area (Å²) in [6, 6.07) is 0. The molecule has 7 heteroatoms. The summed E-state index contributed by atoms with van der Waals surface area (Å²) in [5.41, 5.74) is 0.445. The van der Waals surface area contributed by atoms with E-state index in [1.165, 1.54) is 6.42 Å². The number of rotatable bonds is 4. The normalized spacial score (nSPS) is 15.4. The van der Waals surface area contributed by atoms with Crippen molar-refractivity contribution in [1.29, 1.82) is 0 Å². The van der Waals surface area contributed by atoms with Gasteiger partial charge in [0.2, 0.25) is 11.8 Å². The Kier molecular flexibility index (Phi) is 4.13. The lowest BCUT2D eigenvalue weighted by Crippen LogP contribution is -2.31. The van der Waals surface area contributed by atoms with Crippen LogP contribution >= 0.6 is 0 Å². The SMILES string of the molecule is CCNc1nc(C)c([N+](=O)[O-])c(N2CCCCC2)n1. The van der Waals surface area contributed by atoms with Gasteiger partial charge < -0.3 is 10.2 Å². The number of nitrogens with zero attached hydrogens (tertiary/aromatic N) is 4. The highest BCUT2D eigenvalue weighted by molar-refractivity contribution is 5.62. The van der Waals surface area contributed by atoms with Gasteiger partial charge in [0.05, 0.1) is 4.92 Å². The van der Waals surface area contributed by atoms with Crippen LogP contribution in [-0.4, -0.2) is 34.5 Å². The highest BCUT2D eigenvalue weighted by Gasteiger charge is 2.27. The largest absolute Gasteiger partial charge is 0.354 e. The third kappa shape index (κ3) is 2.91. The Morgan fingerprint density at radius 1 is 1.32 bits per heavy atom. The highest BCUT2D eigenvalue weighted by Crippen LogP contribution is 2.31. The zero-order valence-electron chi connectivity index (χ0n) is 11.3. The Balaban J connectivity index is 2.43. The number of anilines is 2. The number of nitro groups is 1. The van der Waals surface area contributed by atoms with Crippen LogP contribution in [0, 0.1) is 17.0 Å². The highest BCUT2D eigenvalue weighted by atomic mass is 16.6. The molecule has 0 saturated carbocycles. The quantitative estimate of drug-likeness (QED) is 0.663. The molecule has 7 nitrogen and oxygen atoms in total. The van der Waals surface area contributed by atoms with E-state index in [4.69, 9.17) is 0 Å². The van der Waals surface area contributed by atoms with Gasteiger partial charge in [0.25, 0.3) is 0 Å². The first-order valence-electron chi connectivity index (χ1n) is 6.65. The van der Waals surface area contributed by atoms with E-state index in [0.29, 0.717) is 24.0 Å². The van der Waals surface area contributed by atoms with Crippen molar-refractivity contribution in [3.05, 3.63) is 15.8 Å². The Morgan fingerprint density at radius 3 is 2.58 bits per heavy atom. The number of aromatic nitrogens is 2. The van der Waals surface area contributed by atoms with Gasteiger partial charge in [0.1, 0.15) is 5.69 Å². The number of hydrogen-bond acceptors (Lipinski definition) is 6. The molecule has 1 aliphatic rings. The minimum absolute atomic E-state index is 0.0311. The molecule has 1 aromatic heterocycles. The lowest BCUT2D eigenvalue weighted by molar-refractivity contribution is -0.385. The third-order valence-corrected chi connectivity index (χ3v) is 3.21. The summed E-state index contributed by atoms with van der Waals surface area (Å²) in [7, 11) is 0. The summed E-state index contributed by atoms with van der Waals surface area (Å²) in [5.74, 6) is 0.916. The molecule has 19 heavy (non-hydrogen) atoms. The monoisotopic (exact) mass is 265 g/mol. The maximum atomic E-state index is 11.2.